The van der Waals surface area contributed by atoms with Crippen LogP contribution in [0.25, 0.3) is 16.7 Å². The number of benzene rings is 1. The van der Waals surface area contributed by atoms with Gasteiger partial charge < -0.3 is 19.0 Å². The molecule has 3 heterocycles. The van der Waals surface area contributed by atoms with Crippen molar-refractivity contribution in [1.29, 1.82) is 0 Å². The van der Waals surface area contributed by atoms with E-state index in [9.17, 15) is 0 Å². The summed E-state index contributed by atoms with van der Waals surface area (Å²) in [6.07, 6.45) is 3.35. The monoisotopic (exact) mass is 421 g/mol. The van der Waals surface area contributed by atoms with E-state index in [0.29, 0.717) is 5.82 Å². The van der Waals surface area contributed by atoms with Gasteiger partial charge in [-0.25, -0.2) is 14.5 Å². The summed E-state index contributed by atoms with van der Waals surface area (Å²) in [7, 11) is 5.78. The largest absolute Gasteiger partial charge is 0.497 e. The molecular weight excluding hydrogens is 394 g/mol. The van der Waals surface area contributed by atoms with Gasteiger partial charge in [0.05, 0.1) is 18.7 Å². The van der Waals surface area contributed by atoms with Gasteiger partial charge in [-0.1, -0.05) is 5.16 Å². The Morgan fingerprint density at radius 3 is 2.61 bits per heavy atom. The number of hydrogen-bond donors (Lipinski definition) is 0. The standard InChI is InChI=1S/C22H27N7O2/c1-15-16(2)28(11-10-27(3)4)21-20(15)22-25-19(26-29(22)14-23-21)13-31-24-12-17-6-8-18(30-5)9-7-17/h6-9,12,14H,10-11,13H2,1-5H3/b24-12+. The summed E-state index contributed by atoms with van der Waals surface area (Å²) < 4.78 is 9.10. The summed E-state index contributed by atoms with van der Waals surface area (Å²) in [4.78, 5) is 16.9. The van der Waals surface area contributed by atoms with E-state index in [1.165, 1.54) is 11.3 Å². The third-order valence-electron chi connectivity index (χ3n) is 5.35. The first-order valence-electron chi connectivity index (χ1n) is 10.1. The molecule has 0 spiro atoms. The van der Waals surface area contributed by atoms with Gasteiger partial charge in [-0.2, -0.15) is 0 Å². The lowest BCUT2D eigenvalue weighted by Gasteiger charge is -2.12. The zero-order valence-electron chi connectivity index (χ0n) is 18.5. The van der Waals surface area contributed by atoms with Gasteiger partial charge in [0.2, 0.25) is 0 Å². The van der Waals surface area contributed by atoms with Crippen molar-refractivity contribution in [3.63, 3.8) is 0 Å². The number of rotatable bonds is 8. The Bertz CT molecular complexity index is 1220. The van der Waals surface area contributed by atoms with E-state index in [1.54, 1.807) is 24.2 Å². The first kappa shape index (κ1) is 20.8. The third-order valence-corrected chi connectivity index (χ3v) is 5.35. The summed E-state index contributed by atoms with van der Waals surface area (Å²) in [6.45, 7) is 6.22. The minimum absolute atomic E-state index is 0.176. The van der Waals surface area contributed by atoms with Crippen LogP contribution in [0.3, 0.4) is 0 Å². The average Bonchev–Trinajstić information content (AvgIpc) is 3.28. The zero-order chi connectivity index (χ0) is 22.0. The summed E-state index contributed by atoms with van der Waals surface area (Å²) in [6, 6.07) is 7.56. The Kier molecular flexibility index (Phi) is 5.85. The van der Waals surface area contributed by atoms with Crippen molar-refractivity contribution in [2.45, 2.75) is 27.0 Å². The maximum Gasteiger partial charge on any atom is 0.192 e. The van der Waals surface area contributed by atoms with Crippen molar-refractivity contribution in [1.82, 2.24) is 29.0 Å². The fourth-order valence-corrected chi connectivity index (χ4v) is 3.49. The Hall–Kier alpha value is -3.46. The van der Waals surface area contributed by atoms with Crippen LogP contribution in [0.15, 0.2) is 35.7 Å². The highest BCUT2D eigenvalue weighted by molar-refractivity contribution is 5.93. The second kappa shape index (κ2) is 8.73. The topological polar surface area (TPSA) is 82.1 Å². The molecule has 0 aliphatic carbocycles. The van der Waals surface area contributed by atoms with E-state index < -0.39 is 0 Å². The molecule has 31 heavy (non-hydrogen) atoms. The molecule has 0 aliphatic heterocycles. The first-order chi connectivity index (χ1) is 15.0. The van der Waals surface area contributed by atoms with E-state index in [1.807, 2.05) is 24.3 Å². The normalized spacial score (nSPS) is 11.9. The highest BCUT2D eigenvalue weighted by Gasteiger charge is 2.18. The second-order valence-corrected chi connectivity index (χ2v) is 7.69. The van der Waals surface area contributed by atoms with Crippen LogP contribution in [0.5, 0.6) is 5.75 Å². The Morgan fingerprint density at radius 2 is 1.90 bits per heavy atom. The molecule has 4 aromatic rings. The van der Waals surface area contributed by atoms with Crippen molar-refractivity contribution >= 4 is 22.9 Å². The average molecular weight is 422 g/mol. The fourth-order valence-electron chi connectivity index (χ4n) is 3.49. The van der Waals surface area contributed by atoms with Crippen molar-refractivity contribution in [2.75, 3.05) is 27.7 Å². The molecule has 0 saturated carbocycles. The van der Waals surface area contributed by atoms with Crippen LogP contribution in [0.4, 0.5) is 0 Å². The molecule has 0 radical (unpaired) electrons. The molecule has 1 aromatic carbocycles. The SMILES string of the molecule is COc1ccc(/C=N/OCc2nc3c4c(C)c(C)n(CCN(C)C)c4ncn3n2)cc1. The minimum Gasteiger partial charge on any atom is -0.497 e. The maximum atomic E-state index is 5.41. The zero-order valence-corrected chi connectivity index (χ0v) is 18.5. The van der Waals surface area contributed by atoms with Crippen molar-refractivity contribution in [2.24, 2.45) is 5.16 Å². The summed E-state index contributed by atoms with van der Waals surface area (Å²) in [5.41, 5.74) is 5.00. The van der Waals surface area contributed by atoms with Crippen LogP contribution in [0.1, 0.15) is 22.6 Å². The van der Waals surface area contributed by atoms with Gasteiger partial charge in [-0.05, 0) is 63.3 Å². The predicted molar refractivity (Wildman–Crippen MR) is 120 cm³/mol. The Morgan fingerprint density at radius 1 is 1.13 bits per heavy atom. The van der Waals surface area contributed by atoms with E-state index in [2.05, 4.69) is 52.6 Å². The highest BCUT2D eigenvalue weighted by atomic mass is 16.6. The minimum atomic E-state index is 0.176. The molecule has 0 saturated heterocycles. The molecule has 0 bridgehead atoms. The molecular formula is C22H27N7O2. The van der Waals surface area contributed by atoms with E-state index in [-0.39, 0.29) is 6.61 Å². The Balaban J connectivity index is 1.54. The van der Waals surface area contributed by atoms with Gasteiger partial charge in [0.1, 0.15) is 17.7 Å². The molecule has 0 atom stereocenters. The second-order valence-electron chi connectivity index (χ2n) is 7.69. The van der Waals surface area contributed by atoms with E-state index in [0.717, 1.165) is 41.1 Å². The molecule has 0 unspecified atom stereocenters. The highest BCUT2D eigenvalue weighted by Crippen LogP contribution is 2.26. The molecule has 0 aliphatic rings. The number of hydrogen-bond acceptors (Lipinski definition) is 7. The number of nitrogens with zero attached hydrogens (tertiary/aromatic N) is 7. The molecule has 0 N–H and O–H groups in total. The predicted octanol–water partition coefficient (Wildman–Crippen LogP) is 2.82. The van der Waals surface area contributed by atoms with Crippen LogP contribution < -0.4 is 4.74 Å². The maximum absolute atomic E-state index is 5.41. The van der Waals surface area contributed by atoms with Gasteiger partial charge in [-0.3, -0.25) is 0 Å². The summed E-state index contributed by atoms with van der Waals surface area (Å²) >= 11 is 0. The van der Waals surface area contributed by atoms with Gasteiger partial charge in [0, 0.05) is 18.8 Å². The number of aryl methyl sites for hydroxylation is 1. The van der Waals surface area contributed by atoms with E-state index >= 15 is 0 Å². The smallest absolute Gasteiger partial charge is 0.192 e. The van der Waals surface area contributed by atoms with Crippen molar-refractivity contribution in [3.8, 4) is 5.75 Å². The van der Waals surface area contributed by atoms with Crippen molar-refractivity contribution in [3.05, 3.63) is 53.2 Å². The van der Waals surface area contributed by atoms with Gasteiger partial charge in [0.15, 0.2) is 18.1 Å². The molecule has 9 heteroatoms. The lowest BCUT2D eigenvalue weighted by molar-refractivity contribution is 0.126. The van der Waals surface area contributed by atoms with Gasteiger partial charge >= 0.3 is 0 Å². The van der Waals surface area contributed by atoms with Crippen LogP contribution in [-0.4, -0.2) is 63.0 Å². The third kappa shape index (κ3) is 4.22. The lowest BCUT2D eigenvalue weighted by Crippen LogP contribution is -2.19. The molecule has 9 nitrogen and oxygen atoms in total. The van der Waals surface area contributed by atoms with Gasteiger partial charge in [-0.15, -0.1) is 5.10 Å². The van der Waals surface area contributed by atoms with Crippen molar-refractivity contribution < 1.29 is 9.57 Å². The van der Waals surface area contributed by atoms with Crippen LogP contribution >= 0.6 is 0 Å². The number of methoxy groups -OCH3 is 1. The Labute approximate surface area is 180 Å². The van der Waals surface area contributed by atoms with E-state index in [4.69, 9.17) is 14.6 Å². The summed E-state index contributed by atoms with van der Waals surface area (Å²) in [5.74, 6) is 1.35. The number of oxime groups is 1. The molecule has 0 amide bonds. The molecule has 3 aromatic heterocycles. The quantitative estimate of drug-likeness (QED) is 0.321. The molecule has 0 fully saturated rings. The first-order valence-corrected chi connectivity index (χ1v) is 10.1. The van der Waals surface area contributed by atoms with Crippen LogP contribution in [-0.2, 0) is 18.0 Å². The molecule has 162 valence electrons. The van der Waals surface area contributed by atoms with Crippen LogP contribution in [0.2, 0.25) is 0 Å². The van der Waals surface area contributed by atoms with Gasteiger partial charge in [0.25, 0.3) is 0 Å². The number of ether oxygens (including phenoxy) is 1. The lowest BCUT2D eigenvalue weighted by atomic mass is 10.2. The number of fused-ring (bicyclic) bond motifs is 3. The molecule has 4 rings (SSSR count). The number of aromatic nitrogens is 5. The number of likely N-dealkylation sites (N-methyl/N-ethyl adjacent to an activating group) is 1. The van der Waals surface area contributed by atoms with Crippen LogP contribution in [0, 0.1) is 13.8 Å². The summed E-state index contributed by atoms with van der Waals surface area (Å²) in [5, 5.41) is 9.54. The fraction of sp³-hybridized carbons (Fsp3) is 0.364.